The molecule has 0 bridgehead atoms. The zero-order valence-electron chi connectivity index (χ0n) is 6.78. The van der Waals surface area contributed by atoms with Crippen LogP contribution < -0.4 is 11.8 Å². The lowest BCUT2D eigenvalue weighted by Crippen LogP contribution is -2.24. The van der Waals surface area contributed by atoms with Gasteiger partial charge < -0.3 is 9.68 Å². The fraction of sp³-hybridized carbons (Fsp3) is 0.667. The van der Waals surface area contributed by atoms with Gasteiger partial charge in [-0.3, -0.25) is 9.59 Å². The molecular formula is C6H12N2O4. The number of hydrogen-bond donors (Lipinski definition) is 2. The zero-order chi connectivity index (χ0) is 9.56. The summed E-state index contributed by atoms with van der Waals surface area (Å²) in [6, 6.07) is 0. The van der Waals surface area contributed by atoms with Crippen LogP contribution in [0.25, 0.3) is 0 Å². The van der Waals surface area contributed by atoms with Gasteiger partial charge in [-0.2, -0.15) is 11.8 Å². The Kier molecular flexibility index (Phi) is 4.98. The summed E-state index contributed by atoms with van der Waals surface area (Å²) in [7, 11) is 0. The summed E-state index contributed by atoms with van der Waals surface area (Å²) in [5.41, 5.74) is 0. The van der Waals surface area contributed by atoms with E-state index in [-0.39, 0.29) is 6.42 Å². The Morgan fingerprint density at radius 3 is 2.25 bits per heavy atom. The van der Waals surface area contributed by atoms with Crippen LogP contribution in [-0.4, -0.2) is 11.9 Å². The van der Waals surface area contributed by atoms with E-state index in [4.69, 9.17) is 0 Å². The number of carbonyl (C=O) groups is 2. The maximum atomic E-state index is 10.8. The van der Waals surface area contributed by atoms with Gasteiger partial charge >= 0.3 is 11.9 Å². The molecule has 0 amide bonds. The number of rotatable bonds is 4. The van der Waals surface area contributed by atoms with E-state index in [0.29, 0.717) is 6.42 Å². The molecule has 0 heterocycles. The normalized spacial score (nSPS) is 11.9. The van der Waals surface area contributed by atoms with Crippen LogP contribution in [0.5, 0.6) is 0 Å². The average molecular weight is 176 g/mol. The Labute approximate surface area is 69.7 Å². The predicted octanol–water partition coefficient (Wildman–Crippen LogP) is -0.763. The molecule has 0 saturated heterocycles. The zero-order valence-corrected chi connectivity index (χ0v) is 6.78. The van der Waals surface area contributed by atoms with Gasteiger partial charge in [0.25, 0.3) is 0 Å². The van der Waals surface area contributed by atoms with Crippen molar-refractivity contribution in [3.63, 3.8) is 0 Å². The van der Waals surface area contributed by atoms with Gasteiger partial charge in [-0.15, -0.1) is 0 Å². The Balaban J connectivity index is 3.99. The van der Waals surface area contributed by atoms with E-state index in [0.717, 1.165) is 0 Å². The van der Waals surface area contributed by atoms with Crippen molar-refractivity contribution in [2.24, 2.45) is 17.7 Å². The molecule has 1 atom stereocenters. The fourth-order valence-electron chi connectivity index (χ4n) is 0.740. The lowest BCUT2D eigenvalue weighted by Gasteiger charge is -2.08. The third-order valence-corrected chi connectivity index (χ3v) is 1.49. The molecule has 0 aliphatic carbocycles. The van der Waals surface area contributed by atoms with E-state index in [1.165, 1.54) is 0 Å². The Bertz CT molecular complexity index is 171. The molecule has 0 aromatic heterocycles. The molecule has 0 spiro atoms. The Morgan fingerprint density at radius 2 is 1.92 bits per heavy atom. The van der Waals surface area contributed by atoms with E-state index >= 15 is 0 Å². The molecule has 0 aliphatic heterocycles. The monoisotopic (exact) mass is 176 g/mol. The van der Waals surface area contributed by atoms with Gasteiger partial charge in [0.05, 0.1) is 12.3 Å². The second-order valence-electron chi connectivity index (χ2n) is 2.24. The molecule has 70 valence electrons. The highest BCUT2D eigenvalue weighted by atomic mass is 16.7. The van der Waals surface area contributed by atoms with Gasteiger partial charge in [0.15, 0.2) is 0 Å². The van der Waals surface area contributed by atoms with Gasteiger partial charge in [0.1, 0.15) is 0 Å². The van der Waals surface area contributed by atoms with Crippen molar-refractivity contribution in [1.82, 2.24) is 0 Å². The average Bonchev–Trinajstić information content (AvgIpc) is 2.12. The highest BCUT2D eigenvalue weighted by Gasteiger charge is 2.21. The minimum atomic E-state index is -0.660. The van der Waals surface area contributed by atoms with Crippen LogP contribution in [-0.2, 0) is 19.3 Å². The SMILES string of the molecule is CCC(CC(=O)ON)C(=O)ON. The van der Waals surface area contributed by atoms with Crippen LogP contribution in [0.15, 0.2) is 0 Å². The van der Waals surface area contributed by atoms with Crippen LogP contribution in [0.1, 0.15) is 19.8 Å². The van der Waals surface area contributed by atoms with Crippen LogP contribution >= 0.6 is 0 Å². The summed E-state index contributed by atoms with van der Waals surface area (Å²) in [5, 5.41) is 0. The molecular weight excluding hydrogens is 164 g/mol. The second kappa shape index (κ2) is 5.50. The first-order valence-electron chi connectivity index (χ1n) is 3.45. The van der Waals surface area contributed by atoms with Crippen molar-refractivity contribution in [3.05, 3.63) is 0 Å². The van der Waals surface area contributed by atoms with Crippen LogP contribution in [0.3, 0.4) is 0 Å². The molecule has 6 nitrogen and oxygen atoms in total. The molecule has 4 N–H and O–H groups in total. The van der Waals surface area contributed by atoms with Crippen molar-refractivity contribution in [2.45, 2.75) is 19.8 Å². The van der Waals surface area contributed by atoms with Gasteiger partial charge in [0.2, 0.25) is 0 Å². The second-order valence-corrected chi connectivity index (χ2v) is 2.24. The number of nitrogens with two attached hydrogens (primary N) is 2. The van der Waals surface area contributed by atoms with Crippen molar-refractivity contribution in [2.75, 3.05) is 0 Å². The Hall–Kier alpha value is -1.14. The van der Waals surface area contributed by atoms with Crippen LogP contribution in [0.2, 0.25) is 0 Å². The topological polar surface area (TPSA) is 105 Å². The van der Waals surface area contributed by atoms with E-state index in [2.05, 4.69) is 21.5 Å². The maximum absolute atomic E-state index is 10.8. The molecule has 0 aromatic rings. The molecule has 0 rings (SSSR count). The summed E-state index contributed by atoms with van der Waals surface area (Å²) >= 11 is 0. The van der Waals surface area contributed by atoms with Crippen molar-refractivity contribution < 1.29 is 19.3 Å². The first-order valence-corrected chi connectivity index (χ1v) is 3.45. The Morgan fingerprint density at radius 1 is 1.33 bits per heavy atom. The lowest BCUT2D eigenvalue weighted by atomic mass is 10.0. The summed E-state index contributed by atoms with van der Waals surface area (Å²) < 4.78 is 0. The van der Waals surface area contributed by atoms with Crippen molar-refractivity contribution in [1.29, 1.82) is 0 Å². The molecule has 0 aromatic carbocycles. The maximum Gasteiger partial charge on any atom is 0.328 e. The first-order chi connectivity index (χ1) is 5.65. The summed E-state index contributed by atoms with van der Waals surface area (Å²) in [6.45, 7) is 1.73. The number of carbonyl (C=O) groups excluding carboxylic acids is 2. The van der Waals surface area contributed by atoms with E-state index < -0.39 is 17.9 Å². The van der Waals surface area contributed by atoms with E-state index in [1.54, 1.807) is 6.92 Å². The molecule has 0 radical (unpaired) electrons. The largest absolute Gasteiger partial charge is 0.373 e. The highest BCUT2D eigenvalue weighted by molar-refractivity contribution is 5.79. The molecule has 0 saturated carbocycles. The standard InChI is InChI=1S/C6H12N2O4/c1-2-4(6(10)12-8)3-5(9)11-7/h4H,2-3,7-8H2,1H3. The smallest absolute Gasteiger partial charge is 0.328 e. The lowest BCUT2D eigenvalue weighted by molar-refractivity contribution is -0.155. The van der Waals surface area contributed by atoms with Gasteiger partial charge in [-0.25, -0.2) is 0 Å². The minimum Gasteiger partial charge on any atom is -0.373 e. The van der Waals surface area contributed by atoms with Crippen molar-refractivity contribution >= 4 is 11.9 Å². The molecule has 0 fully saturated rings. The first kappa shape index (κ1) is 10.9. The van der Waals surface area contributed by atoms with Gasteiger partial charge in [-0.05, 0) is 6.42 Å². The minimum absolute atomic E-state index is 0.108. The summed E-state index contributed by atoms with van der Waals surface area (Å²) in [4.78, 5) is 29.3. The molecule has 12 heavy (non-hydrogen) atoms. The fourth-order valence-corrected chi connectivity index (χ4v) is 0.740. The summed E-state index contributed by atoms with van der Waals surface area (Å²) in [5.74, 6) is 7.34. The third kappa shape index (κ3) is 3.31. The van der Waals surface area contributed by atoms with Crippen LogP contribution in [0.4, 0.5) is 0 Å². The predicted molar refractivity (Wildman–Crippen MR) is 39.0 cm³/mol. The van der Waals surface area contributed by atoms with Gasteiger partial charge in [0, 0.05) is 0 Å². The number of hydrogen-bond acceptors (Lipinski definition) is 6. The summed E-state index contributed by atoms with van der Waals surface area (Å²) in [6.07, 6.45) is 0.341. The van der Waals surface area contributed by atoms with E-state index in [9.17, 15) is 9.59 Å². The molecule has 6 heteroatoms. The highest BCUT2D eigenvalue weighted by Crippen LogP contribution is 2.09. The molecule has 1 unspecified atom stereocenters. The third-order valence-electron chi connectivity index (χ3n) is 1.49. The van der Waals surface area contributed by atoms with Crippen molar-refractivity contribution in [3.8, 4) is 0 Å². The quantitative estimate of drug-likeness (QED) is 0.545. The van der Waals surface area contributed by atoms with E-state index in [1.807, 2.05) is 0 Å². The van der Waals surface area contributed by atoms with Crippen LogP contribution in [0, 0.1) is 5.92 Å². The molecule has 0 aliphatic rings. The van der Waals surface area contributed by atoms with Gasteiger partial charge in [-0.1, -0.05) is 6.92 Å².